The van der Waals surface area contributed by atoms with Crippen molar-refractivity contribution in [1.29, 1.82) is 0 Å². The molecular weight excluding hydrogens is 396 g/mol. The number of anilines is 1. The van der Waals surface area contributed by atoms with E-state index in [2.05, 4.69) is 5.32 Å². The summed E-state index contributed by atoms with van der Waals surface area (Å²) >= 11 is 0. The largest absolute Gasteiger partial charge is 0.493 e. The molecule has 1 aliphatic rings. The lowest BCUT2D eigenvalue weighted by atomic mass is 9.90. The maximum atomic E-state index is 12.8. The van der Waals surface area contributed by atoms with Gasteiger partial charge in [0.25, 0.3) is 0 Å². The van der Waals surface area contributed by atoms with Crippen LogP contribution < -0.4 is 14.8 Å². The van der Waals surface area contributed by atoms with Crippen LogP contribution in [0.1, 0.15) is 34.7 Å². The van der Waals surface area contributed by atoms with Gasteiger partial charge in [0, 0.05) is 18.3 Å². The number of ether oxygens (including phenoxy) is 3. The number of esters is 1. The minimum absolute atomic E-state index is 0.120. The summed E-state index contributed by atoms with van der Waals surface area (Å²) in [6.07, 6.45) is 0.889. The molecule has 1 atom stereocenters. The van der Waals surface area contributed by atoms with Gasteiger partial charge >= 0.3 is 5.97 Å². The Labute approximate surface area is 183 Å². The predicted molar refractivity (Wildman–Crippen MR) is 119 cm³/mol. The Kier molecular flexibility index (Phi) is 7.17. The Morgan fingerprint density at radius 1 is 1.06 bits per heavy atom. The lowest BCUT2D eigenvalue weighted by Crippen LogP contribution is -2.41. The highest BCUT2D eigenvalue weighted by Crippen LogP contribution is 2.39. The number of carbonyl (C=O) groups is 2. The number of benzene rings is 2. The topological polar surface area (TPSA) is 77.1 Å². The lowest BCUT2D eigenvalue weighted by molar-refractivity contribution is -0.142. The number of nitrogens with one attached hydrogen (secondary N) is 1. The average molecular weight is 427 g/mol. The number of methoxy groups -OCH3 is 3. The van der Waals surface area contributed by atoms with E-state index < -0.39 is 0 Å². The predicted octanol–water partition coefficient (Wildman–Crippen LogP) is 3.42. The van der Waals surface area contributed by atoms with Crippen LogP contribution in [0.5, 0.6) is 11.5 Å². The minimum Gasteiger partial charge on any atom is -0.493 e. The van der Waals surface area contributed by atoms with Gasteiger partial charge < -0.3 is 19.5 Å². The SMILES string of the molecule is COC(=O)C[C@@H]1c2cc(OC)c(OC)cc2CCN1CC(=O)Nc1ccc(C)cc1C. The molecule has 0 aliphatic carbocycles. The van der Waals surface area contributed by atoms with E-state index in [1.165, 1.54) is 7.11 Å². The quantitative estimate of drug-likeness (QED) is 0.684. The maximum absolute atomic E-state index is 12.8. The Morgan fingerprint density at radius 2 is 1.77 bits per heavy atom. The summed E-state index contributed by atoms with van der Waals surface area (Å²) in [5.74, 6) is 0.801. The fourth-order valence-corrected chi connectivity index (χ4v) is 4.08. The first-order valence-electron chi connectivity index (χ1n) is 10.3. The number of aryl methyl sites for hydroxylation is 2. The highest BCUT2D eigenvalue weighted by Gasteiger charge is 2.32. The Hall–Kier alpha value is -3.06. The van der Waals surface area contributed by atoms with Crippen LogP contribution in [0.2, 0.25) is 0 Å². The lowest BCUT2D eigenvalue weighted by Gasteiger charge is -2.36. The van der Waals surface area contributed by atoms with Crippen LogP contribution in [0.25, 0.3) is 0 Å². The van der Waals surface area contributed by atoms with Crippen molar-refractivity contribution in [3.8, 4) is 11.5 Å². The van der Waals surface area contributed by atoms with E-state index in [1.54, 1.807) is 14.2 Å². The summed E-state index contributed by atoms with van der Waals surface area (Å²) in [7, 11) is 4.55. The average Bonchev–Trinajstić information content (AvgIpc) is 2.76. The smallest absolute Gasteiger partial charge is 0.307 e. The molecule has 0 saturated heterocycles. The first-order valence-corrected chi connectivity index (χ1v) is 10.3. The second-order valence-corrected chi connectivity index (χ2v) is 7.79. The molecule has 0 bridgehead atoms. The minimum atomic E-state index is -0.326. The molecule has 0 aromatic heterocycles. The van der Waals surface area contributed by atoms with Crippen molar-refractivity contribution >= 4 is 17.6 Å². The van der Waals surface area contributed by atoms with Gasteiger partial charge in [0.1, 0.15) is 0 Å². The van der Waals surface area contributed by atoms with Crippen molar-refractivity contribution in [3.63, 3.8) is 0 Å². The number of hydrogen-bond acceptors (Lipinski definition) is 6. The molecule has 2 aromatic carbocycles. The van der Waals surface area contributed by atoms with Crippen molar-refractivity contribution in [1.82, 2.24) is 4.90 Å². The summed E-state index contributed by atoms with van der Waals surface area (Å²) in [5, 5.41) is 3.00. The van der Waals surface area contributed by atoms with Gasteiger partial charge in [-0.1, -0.05) is 17.7 Å². The van der Waals surface area contributed by atoms with E-state index in [-0.39, 0.29) is 30.9 Å². The second kappa shape index (κ2) is 9.83. The molecule has 3 rings (SSSR count). The van der Waals surface area contributed by atoms with Crippen LogP contribution in [0, 0.1) is 13.8 Å². The molecule has 1 aliphatic heterocycles. The molecule has 166 valence electrons. The molecule has 1 amide bonds. The number of nitrogens with zero attached hydrogens (tertiary/aromatic N) is 1. The van der Waals surface area contributed by atoms with Gasteiger partial charge in [-0.25, -0.2) is 0 Å². The fourth-order valence-electron chi connectivity index (χ4n) is 4.08. The van der Waals surface area contributed by atoms with E-state index in [9.17, 15) is 9.59 Å². The monoisotopic (exact) mass is 426 g/mol. The van der Waals surface area contributed by atoms with E-state index in [0.717, 1.165) is 34.4 Å². The van der Waals surface area contributed by atoms with Crippen LogP contribution in [-0.4, -0.2) is 51.2 Å². The van der Waals surface area contributed by atoms with E-state index in [0.29, 0.717) is 18.0 Å². The highest BCUT2D eigenvalue weighted by atomic mass is 16.5. The molecule has 1 heterocycles. The molecule has 0 radical (unpaired) electrons. The molecule has 0 fully saturated rings. The van der Waals surface area contributed by atoms with E-state index >= 15 is 0 Å². The Morgan fingerprint density at radius 3 is 2.42 bits per heavy atom. The Bertz CT molecular complexity index is 973. The summed E-state index contributed by atoms with van der Waals surface area (Å²) in [6, 6.07) is 9.48. The number of carbonyl (C=O) groups excluding carboxylic acids is 2. The third kappa shape index (κ3) is 5.17. The molecule has 7 nitrogen and oxygen atoms in total. The fraction of sp³-hybridized carbons (Fsp3) is 0.417. The zero-order chi connectivity index (χ0) is 22.5. The molecule has 2 aromatic rings. The highest BCUT2D eigenvalue weighted by molar-refractivity contribution is 5.93. The summed E-state index contributed by atoms with van der Waals surface area (Å²) < 4.78 is 15.8. The Balaban J connectivity index is 1.85. The zero-order valence-electron chi connectivity index (χ0n) is 18.8. The van der Waals surface area contributed by atoms with Crippen molar-refractivity contribution in [2.24, 2.45) is 0 Å². The molecule has 7 heteroatoms. The van der Waals surface area contributed by atoms with Gasteiger partial charge in [0.2, 0.25) is 5.91 Å². The third-order valence-electron chi connectivity index (χ3n) is 5.70. The molecule has 0 spiro atoms. The molecule has 0 saturated carbocycles. The molecule has 0 unspecified atom stereocenters. The molecule has 31 heavy (non-hydrogen) atoms. The van der Waals surface area contributed by atoms with Gasteiger partial charge in [-0.15, -0.1) is 0 Å². The van der Waals surface area contributed by atoms with Crippen LogP contribution in [-0.2, 0) is 20.7 Å². The zero-order valence-corrected chi connectivity index (χ0v) is 18.8. The first kappa shape index (κ1) is 22.6. The maximum Gasteiger partial charge on any atom is 0.307 e. The summed E-state index contributed by atoms with van der Waals surface area (Å²) in [4.78, 5) is 27.0. The third-order valence-corrected chi connectivity index (χ3v) is 5.70. The van der Waals surface area contributed by atoms with E-state index in [4.69, 9.17) is 14.2 Å². The van der Waals surface area contributed by atoms with Crippen molar-refractivity contribution in [2.75, 3.05) is 39.7 Å². The normalized spacial score (nSPS) is 15.7. The van der Waals surface area contributed by atoms with Gasteiger partial charge in [0.15, 0.2) is 11.5 Å². The number of rotatable bonds is 7. The van der Waals surface area contributed by atoms with Crippen LogP contribution in [0.15, 0.2) is 30.3 Å². The first-order chi connectivity index (χ1) is 14.9. The van der Waals surface area contributed by atoms with Crippen LogP contribution in [0.3, 0.4) is 0 Å². The standard InChI is InChI=1S/C24H30N2O5/c1-15-6-7-19(16(2)10-15)25-23(27)14-26-9-8-17-11-21(29-3)22(30-4)12-18(17)20(26)13-24(28)31-5/h6-7,10-12,20H,8-9,13-14H2,1-5H3,(H,25,27)/t20-/m1/s1. The van der Waals surface area contributed by atoms with Gasteiger partial charge in [0.05, 0.1) is 34.3 Å². The summed E-state index contributed by atoms with van der Waals surface area (Å²) in [6.45, 7) is 4.80. The van der Waals surface area contributed by atoms with Gasteiger partial charge in [-0.3, -0.25) is 14.5 Å². The van der Waals surface area contributed by atoms with E-state index in [1.807, 2.05) is 49.1 Å². The van der Waals surface area contributed by atoms with Crippen molar-refractivity contribution in [3.05, 3.63) is 52.6 Å². The van der Waals surface area contributed by atoms with Crippen LogP contribution in [0.4, 0.5) is 5.69 Å². The van der Waals surface area contributed by atoms with Gasteiger partial charge in [-0.2, -0.15) is 0 Å². The summed E-state index contributed by atoms with van der Waals surface area (Å²) in [5.41, 5.74) is 4.99. The molecule has 1 N–H and O–H groups in total. The van der Waals surface area contributed by atoms with Crippen LogP contribution >= 0.6 is 0 Å². The number of amides is 1. The molecular formula is C24H30N2O5. The van der Waals surface area contributed by atoms with Gasteiger partial charge in [-0.05, 0) is 55.2 Å². The number of hydrogen-bond donors (Lipinski definition) is 1. The second-order valence-electron chi connectivity index (χ2n) is 7.79. The van der Waals surface area contributed by atoms with Crippen molar-refractivity contribution < 1.29 is 23.8 Å². The van der Waals surface area contributed by atoms with Crippen molar-refractivity contribution in [2.45, 2.75) is 32.7 Å². The number of fused-ring (bicyclic) bond motifs is 1.